The molecule has 1 aliphatic carbocycles. The van der Waals surface area contributed by atoms with Gasteiger partial charge in [0, 0.05) is 55.8 Å². The summed E-state index contributed by atoms with van der Waals surface area (Å²) in [5.74, 6) is 1.23. The molecule has 22 heavy (non-hydrogen) atoms. The molecule has 0 aromatic carbocycles. The van der Waals surface area contributed by atoms with E-state index in [1.807, 2.05) is 23.1 Å². The van der Waals surface area contributed by atoms with Gasteiger partial charge in [0.15, 0.2) is 0 Å². The minimum Gasteiger partial charge on any atom is -0.380 e. The van der Waals surface area contributed by atoms with Crippen molar-refractivity contribution in [1.82, 2.24) is 14.7 Å². The molecule has 5 heteroatoms. The van der Waals surface area contributed by atoms with Gasteiger partial charge in [-0.15, -0.1) is 11.3 Å². The molecule has 1 fully saturated rings. The van der Waals surface area contributed by atoms with E-state index in [4.69, 9.17) is 9.84 Å². The van der Waals surface area contributed by atoms with Gasteiger partial charge in [0.1, 0.15) is 0 Å². The van der Waals surface area contributed by atoms with Gasteiger partial charge in [-0.2, -0.15) is 5.10 Å². The molecule has 1 atom stereocenters. The van der Waals surface area contributed by atoms with Gasteiger partial charge < -0.3 is 4.74 Å². The van der Waals surface area contributed by atoms with E-state index in [-0.39, 0.29) is 0 Å². The highest BCUT2D eigenvalue weighted by Gasteiger charge is 2.29. The van der Waals surface area contributed by atoms with Gasteiger partial charge >= 0.3 is 0 Å². The van der Waals surface area contributed by atoms with Crippen LogP contribution in [-0.2, 0) is 24.9 Å². The molecule has 4 rings (SSSR count). The van der Waals surface area contributed by atoms with Crippen LogP contribution in [0.3, 0.4) is 0 Å². The van der Waals surface area contributed by atoms with Gasteiger partial charge in [0.2, 0.25) is 0 Å². The maximum absolute atomic E-state index is 5.97. The number of nitrogens with zero attached hydrogens (tertiary/aromatic N) is 3. The second kappa shape index (κ2) is 6.14. The largest absolute Gasteiger partial charge is 0.380 e. The minimum atomic E-state index is 0.406. The van der Waals surface area contributed by atoms with Crippen molar-refractivity contribution in [2.24, 2.45) is 13.0 Å². The van der Waals surface area contributed by atoms with Gasteiger partial charge in [-0.25, -0.2) is 0 Å². The molecular weight excluding hydrogens is 294 g/mol. The first-order valence-electron chi connectivity index (χ1n) is 8.13. The Morgan fingerprint density at radius 1 is 1.36 bits per heavy atom. The SMILES string of the molecule is Cn1cc2c(n1)[C@@H](COCC1CC1)CN(Cc1cccs1)C2. The summed E-state index contributed by atoms with van der Waals surface area (Å²) in [7, 11) is 2.02. The first kappa shape index (κ1) is 14.4. The normalized spacial score (nSPS) is 22.0. The van der Waals surface area contributed by atoms with E-state index in [1.165, 1.54) is 29.0 Å². The van der Waals surface area contributed by atoms with Crippen molar-refractivity contribution in [3.63, 3.8) is 0 Å². The Bertz CT molecular complexity index is 618. The highest BCUT2D eigenvalue weighted by atomic mass is 32.1. The summed E-state index contributed by atoms with van der Waals surface area (Å²) in [6.07, 6.45) is 4.87. The molecule has 2 aromatic heterocycles. The molecule has 0 amide bonds. The molecule has 3 heterocycles. The Morgan fingerprint density at radius 2 is 2.27 bits per heavy atom. The zero-order valence-electron chi connectivity index (χ0n) is 13.1. The molecule has 0 spiro atoms. The third kappa shape index (κ3) is 3.26. The van der Waals surface area contributed by atoms with Crippen molar-refractivity contribution >= 4 is 11.3 Å². The van der Waals surface area contributed by atoms with Crippen molar-refractivity contribution in [3.05, 3.63) is 39.8 Å². The third-order valence-corrected chi connectivity index (χ3v) is 5.39. The zero-order chi connectivity index (χ0) is 14.9. The van der Waals surface area contributed by atoms with Crippen molar-refractivity contribution in [2.75, 3.05) is 19.8 Å². The van der Waals surface area contributed by atoms with Crippen LogP contribution in [0.25, 0.3) is 0 Å². The molecule has 0 unspecified atom stereocenters. The second-order valence-electron chi connectivity index (χ2n) is 6.64. The fraction of sp³-hybridized carbons (Fsp3) is 0.588. The number of hydrogen-bond acceptors (Lipinski definition) is 4. The second-order valence-corrected chi connectivity index (χ2v) is 7.67. The topological polar surface area (TPSA) is 30.3 Å². The zero-order valence-corrected chi connectivity index (χ0v) is 13.9. The Kier molecular flexibility index (Phi) is 4.03. The molecule has 1 aliphatic heterocycles. The van der Waals surface area contributed by atoms with E-state index in [9.17, 15) is 0 Å². The van der Waals surface area contributed by atoms with Crippen LogP contribution < -0.4 is 0 Å². The number of thiophene rings is 1. The summed E-state index contributed by atoms with van der Waals surface area (Å²) in [5.41, 5.74) is 2.62. The molecular formula is C17H23N3OS. The fourth-order valence-corrected chi connectivity index (χ4v) is 4.01. The summed E-state index contributed by atoms with van der Waals surface area (Å²) in [6, 6.07) is 4.36. The van der Waals surface area contributed by atoms with Crippen molar-refractivity contribution in [2.45, 2.75) is 31.8 Å². The van der Waals surface area contributed by atoms with Gasteiger partial charge in [0.05, 0.1) is 12.3 Å². The molecule has 2 aromatic rings. The first-order chi connectivity index (χ1) is 10.8. The molecule has 118 valence electrons. The molecule has 0 saturated heterocycles. The average Bonchev–Trinajstić information content (AvgIpc) is 3.02. The molecule has 0 bridgehead atoms. The molecule has 1 saturated carbocycles. The summed E-state index contributed by atoms with van der Waals surface area (Å²) in [4.78, 5) is 3.96. The van der Waals surface area contributed by atoms with E-state index in [2.05, 4.69) is 28.6 Å². The van der Waals surface area contributed by atoms with E-state index in [0.717, 1.165) is 38.8 Å². The number of aromatic nitrogens is 2. The van der Waals surface area contributed by atoms with Crippen molar-refractivity contribution in [1.29, 1.82) is 0 Å². The Labute approximate surface area is 135 Å². The molecule has 0 N–H and O–H groups in total. The number of aryl methyl sites for hydroxylation is 1. The van der Waals surface area contributed by atoms with Crippen LogP contribution in [0.15, 0.2) is 23.7 Å². The quantitative estimate of drug-likeness (QED) is 0.820. The predicted octanol–water partition coefficient (Wildman–Crippen LogP) is 3.01. The van der Waals surface area contributed by atoms with E-state index >= 15 is 0 Å². The Hall–Kier alpha value is -1.17. The summed E-state index contributed by atoms with van der Waals surface area (Å²) in [6.45, 7) is 4.82. The smallest absolute Gasteiger partial charge is 0.0736 e. The summed E-state index contributed by atoms with van der Waals surface area (Å²) < 4.78 is 7.92. The lowest BCUT2D eigenvalue weighted by Gasteiger charge is -2.31. The van der Waals surface area contributed by atoms with Crippen molar-refractivity contribution < 1.29 is 4.74 Å². The highest BCUT2D eigenvalue weighted by Crippen LogP contribution is 2.31. The molecule has 4 nitrogen and oxygen atoms in total. The monoisotopic (exact) mass is 317 g/mol. The standard InChI is InChI=1S/C17H23N3OS/c1-19-7-14-8-20(10-16-3-2-6-22-16)9-15(17(14)18-19)12-21-11-13-4-5-13/h2-3,6-7,13,15H,4-5,8-12H2,1H3/t15-/m1/s1. The maximum atomic E-state index is 5.97. The maximum Gasteiger partial charge on any atom is 0.0736 e. The van der Waals surface area contributed by atoms with Crippen LogP contribution in [0.5, 0.6) is 0 Å². The highest BCUT2D eigenvalue weighted by molar-refractivity contribution is 7.09. The van der Waals surface area contributed by atoms with Gasteiger partial charge in [-0.3, -0.25) is 9.58 Å². The van der Waals surface area contributed by atoms with Crippen LogP contribution in [0.1, 0.15) is 34.9 Å². The van der Waals surface area contributed by atoms with Gasteiger partial charge in [0.25, 0.3) is 0 Å². The first-order valence-corrected chi connectivity index (χ1v) is 9.01. The summed E-state index contributed by atoms with van der Waals surface area (Å²) >= 11 is 1.84. The lowest BCUT2D eigenvalue weighted by molar-refractivity contribution is 0.0883. The van der Waals surface area contributed by atoms with E-state index < -0.39 is 0 Å². The van der Waals surface area contributed by atoms with E-state index in [0.29, 0.717) is 5.92 Å². The van der Waals surface area contributed by atoms with Crippen LogP contribution in [-0.4, -0.2) is 34.4 Å². The number of hydrogen-bond donors (Lipinski definition) is 0. The third-order valence-electron chi connectivity index (χ3n) is 4.53. The van der Waals surface area contributed by atoms with Crippen LogP contribution in [0.4, 0.5) is 0 Å². The van der Waals surface area contributed by atoms with Crippen LogP contribution in [0, 0.1) is 5.92 Å². The number of fused-ring (bicyclic) bond motifs is 1. The van der Waals surface area contributed by atoms with Gasteiger partial charge in [-0.1, -0.05) is 6.07 Å². The Balaban J connectivity index is 1.45. The van der Waals surface area contributed by atoms with Gasteiger partial charge in [-0.05, 0) is 30.2 Å². The lowest BCUT2D eigenvalue weighted by Crippen LogP contribution is -2.34. The fourth-order valence-electron chi connectivity index (χ4n) is 3.26. The Morgan fingerprint density at radius 3 is 3.05 bits per heavy atom. The molecule has 2 aliphatic rings. The number of rotatable bonds is 6. The molecule has 0 radical (unpaired) electrons. The minimum absolute atomic E-state index is 0.406. The number of ether oxygens (including phenoxy) is 1. The summed E-state index contributed by atoms with van der Waals surface area (Å²) in [5, 5.41) is 6.85. The van der Waals surface area contributed by atoms with Crippen LogP contribution >= 0.6 is 11.3 Å². The predicted molar refractivity (Wildman–Crippen MR) is 87.9 cm³/mol. The van der Waals surface area contributed by atoms with Crippen LogP contribution in [0.2, 0.25) is 0 Å². The van der Waals surface area contributed by atoms with E-state index in [1.54, 1.807) is 0 Å². The lowest BCUT2D eigenvalue weighted by atomic mass is 9.97. The van der Waals surface area contributed by atoms with Crippen molar-refractivity contribution in [3.8, 4) is 0 Å². The average molecular weight is 317 g/mol.